The van der Waals surface area contributed by atoms with Gasteiger partial charge in [0.15, 0.2) is 0 Å². The molecule has 106 valence electrons. The number of hydrogen-bond donors (Lipinski definition) is 0. The summed E-state index contributed by atoms with van der Waals surface area (Å²) >= 11 is 10.2. The summed E-state index contributed by atoms with van der Waals surface area (Å²) in [6, 6.07) is 20.5. The van der Waals surface area contributed by atoms with Crippen LogP contribution in [0.4, 0.5) is 0 Å². The highest BCUT2D eigenvalue weighted by Gasteiger charge is 2.16. The third-order valence-corrected chi connectivity index (χ3v) is 4.89. The fourth-order valence-corrected chi connectivity index (χ4v) is 3.69. The Bertz CT molecular complexity index is 780. The van der Waals surface area contributed by atoms with Gasteiger partial charge in [-0.15, -0.1) is 0 Å². The van der Waals surface area contributed by atoms with Gasteiger partial charge in [0.25, 0.3) is 0 Å². The van der Waals surface area contributed by atoms with Crippen molar-refractivity contribution in [3.05, 3.63) is 76.8 Å². The van der Waals surface area contributed by atoms with Crippen LogP contribution in [0.15, 0.2) is 60.7 Å². The molecular formula is C18H14BrClO. The van der Waals surface area contributed by atoms with Gasteiger partial charge in [-0.25, -0.2) is 0 Å². The molecule has 3 aromatic rings. The van der Waals surface area contributed by atoms with E-state index in [1.807, 2.05) is 18.2 Å². The number of methoxy groups -OCH3 is 1. The molecule has 1 unspecified atom stereocenters. The van der Waals surface area contributed by atoms with Crippen molar-refractivity contribution in [3.8, 4) is 5.75 Å². The summed E-state index contributed by atoms with van der Waals surface area (Å²) in [4.78, 5) is 0.0435. The number of hydrogen-bond acceptors (Lipinski definition) is 1. The Balaban J connectivity index is 2.10. The molecule has 0 aliphatic carbocycles. The van der Waals surface area contributed by atoms with Gasteiger partial charge in [0.1, 0.15) is 5.75 Å². The largest absolute Gasteiger partial charge is 0.497 e. The smallest absolute Gasteiger partial charge is 0.120 e. The van der Waals surface area contributed by atoms with Gasteiger partial charge in [0, 0.05) is 5.02 Å². The first-order valence-corrected chi connectivity index (χ1v) is 7.95. The third-order valence-electron chi connectivity index (χ3n) is 3.58. The summed E-state index contributed by atoms with van der Waals surface area (Å²) in [5.41, 5.74) is 2.24. The van der Waals surface area contributed by atoms with Crippen molar-refractivity contribution in [1.82, 2.24) is 0 Å². The molecule has 3 rings (SSSR count). The molecule has 0 aromatic heterocycles. The highest BCUT2D eigenvalue weighted by molar-refractivity contribution is 9.09. The normalized spacial score (nSPS) is 12.3. The lowest BCUT2D eigenvalue weighted by atomic mass is 9.98. The minimum Gasteiger partial charge on any atom is -0.497 e. The number of rotatable bonds is 3. The van der Waals surface area contributed by atoms with Crippen molar-refractivity contribution in [1.29, 1.82) is 0 Å². The van der Waals surface area contributed by atoms with Crippen LogP contribution in [-0.4, -0.2) is 7.11 Å². The molecule has 0 saturated heterocycles. The van der Waals surface area contributed by atoms with E-state index in [9.17, 15) is 0 Å². The van der Waals surface area contributed by atoms with Crippen molar-refractivity contribution in [2.24, 2.45) is 0 Å². The minimum absolute atomic E-state index is 0.0435. The van der Waals surface area contributed by atoms with Crippen molar-refractivity contribution in [2.75, 3.05) is 7.11 Å². The first kappa shape index (κ1) is 14.4. The molecule has 0 N–H and O–H groups in total. The number of benzene rings is 3. The van der Waals surface area contributed by atoms with Crippen molar-refractivity contribution >= 4 is 38.3 Å². The second-order valence-electron chi connectivity index (χ2n) is 4.82. The SMILES string of the molecule is COc1ccc(C(Br)c2cccc3ccccc23)c(Cl)c1. The Labute approximate surface area is 137 Å². The maximum Gasteiger partial charge on any atom is 0.120 e. The van der Waals surface area contributed by atoms with Crippen LogP contribution in [0.3, 0.4) is 0 Å². The van der Waals surface area contributed by atoms with Crippen LogP contribution in [-0.2, 0) is 0 Å². The molecule has 0 saturated carbocycles. The van der Waals surface area contributed by atoms with Gasteiger partial charge >= 0.3 is 0 Å². The average Bonchev–Trinajstić information content (AvgIpc) is 2.53. The molecule has 21 heavy (non-hydrogen) atoms. The summed E-state index contributed by atoms with van der Waals surface area (Å²) in [5.74, 6) is 0.765. The molecule has 3 heteroatoms. The van der Waals surface area contributed by atoms with E-state index in [1.54, 1.807) is 7.11 Å². The summed E-state index contributed by atoms with van der Waals surface area (Å²) in [6.07, 6.45) is 0. The Kier molecular flexibility index (Phi) is 4.18. The van der Waals surface area contributed by atoms with Crippen LogP contribution < -0.4 is 4.74 Å². The molecule has 0 aliphatic heterocycles. The molecule has 0 spiro atoms. The zero-order chi connectivity index (χ0) is 14.8. The monoisotopic (exact) mass is 360 g/mol. The van der Waals surface area contributed by atoms with Gasteiger partial charge in [0.2, 0.25) is 0 Å². The van der Waals surface area contributed by atoms with E-state index in [0.29, 0.717) is 5.02 Å². The Morgan fingerprint density at radius 1 is 0.952 bits per heavy atom. The molecule has 1 atom stereocenters. The van der Waals surface area contributed by atoms with Gasteiger partial charge in [-0.1, -0.05) is 76.1 Å². The summed E-state index contributed by atoms with van der Waals surface area (Å²) in [7, 11) is 1.64. The average molecular weight is 362 g/mol. The third kappa shape index (κ3) is 2.78. The predicted molar refractivity (Wildman–Crippen MR) is 92.7 cm³/mol. The first-order chi connectivity index (χ1) is 10.2. The van der Waals surface area contributed by atoms with Gasteiger partial charge < -0.3 is 4.74 Å². The van der Waals surface area contributed by atoms with Gasteiger partial charge in [0.05, 0.1) is 11.9 Å². The van der Waals surface area contributed by atoms with Crippen LogP contribution in [0.5, 0.6) is 5.75 Å². The Morgan fingerprint density at radius 3 is 2.48 bits per heavy atom. The van der Waals surface area contributed by atoms with Gasteiger partial charge in [-0.2, -0.15) is 0 Å². The number of halogens is 2. The number of alkyl halides is 1. The summed E-state index contributed by atoms with van der Waals surface area (Å²) in [6.45, 7) is 0. The lowest BCUT2D eigenvalue weighted by Crippen LogP contribution is -1.96. The van der Waals surface area contributed by atoms with Crippen molar-refractivity contribution < 1.29 is 4.74 Å². The van der Waals surface area contributed by atoms with Gasteiger partial charge in [-0.05, 0) is 34.0 Å². The molecule has 0 amide bonds. The molecule has 0 aliphatic rings. The highest BCUT2D eigenvalue weighted by Crippen LogP contribution is 2.39. The lowest BCUT2D eigenvalue weighted by Gasteiger charge is -2.15. The maximum atomic E-state index is 6.39. The molecular weight excluding hydrogens is 348 g/mol. The minimum atomic E-state index is 0.0435. The molecule has 1 nitrogen and oxygen atoms in total. The van der Waals surface area contributed by atoms with E-state index < -0.39 is 0 Å². The maximum absolute atomic E-state index is 6.39. The molecule has 0 heterocycles. The van der Waals surface area contributed by atoms with E-state index in [2.05, 4.69) is 58.4 Å². The summed E-state index contributed by atoms with van der Waals surface area (Å²) < 4.78 is 5.21. The van der Waals surface area contributed by atoms with Crippen LogP contribution in [0.1, 0.15) is 16.0 Å². The Morgan fingerprint density at radius 2 is 1.71 bits per heavy atom. The molecule has 0 radical (unpaired) electrons. The van der Waals surface area contributed by atoms with Crippen LogP contribution >= 0.6 is 27.5 Å². The summed E-state index contributed by atoms with van der Waals surface area (Å²) in [5, 5.41) is 3.15. The van der Waals surface area contributed by atoms with Crippen molar-refractivity contribution in [3.63, 3.8) is 0 Å². The standard InChI is InChI=1S/C18H14BrClO/c1-21-13-9-10-16(17(20)11-13)18(19)15-8-4-6-12-5-2-3-7-14(12)15/h2-11,18H,1H3. The topological polar surface area (TPSA) is 9.23 Å². The second-order valence-corrected chi connectivity index (χ2v) is 6.14. The van der Waals surface area contributed by atoms with Crippen LogP contribution in [0.25, 0.3) is 10.8 Å². The van der Waals surface area contributed by atoms with Crippen LogP contribution in [0, 0.1) is 0 Å². The molecule has 3 aromatic carbocycles. The van der Waals surface area contributed by atoms with Crippen molar-refractivity contribution in [2.45, 2.75) is 4.83 Å². The predicted octanol–water partition coefficient (Wildman–Crippen LogP) is 5.99. The number of ether oxygens (including phenoxy) is 1. The van der Waals surface area contributed by atoms with Crippen LogP contribution in [0.2, 0.25) is 5.02 Å². The lowest BCUT2D eigenvalue weighted by molar-refractivity contribution is 0.414. The zero-order valence-electron chi connectivity index (χ0n) is 11.5. The fourth-order valence-electron chi connectivity index (χ4n) is 2.48. The number of fused-ring (bicyclic) bond motifs is 1. The van der Waals surface area contributed by atoms with E-state index in [1.165, 1.54) is 16.3 Å². The van der Waals surface area contributed by atoms with E-state index >= 15 is 0 Å². The fraction of sp³-hybridized carbons (Fsp3) is 0.111. The molecule has 0 bridgehead atoms. The van der Waals surface area contributed by atoms with Gasteiger partial charge in [-0.3, -0.25) is 0 Å². The molecule has 0 fully saturated rings. The van der Waals surface area contributed by atoms with E-state index in [4.69, 9.17) is 16.3 Å². The first-order valence-electron chi connectivity index (χ1n) is 6.66. The second kappa shape index (κ2) is 6.08. The zero-order valence-corrected chi connectivity index (χ0v) is 13.9. The highest BCUT2D eigenvalue weighted by atomic mass is 79.9. The van der Waals surface area contributed by atoms with E-state index in [0.717, 1.165) is 11.3 Å². The van der Waals surface area contributed by atoms with E-state index in [-0.39, 0.29) is 4.83 Å². The quantitative estimate of drug-likeness (QED) is 0.521. The Hall–Kier alpha value is -1.51.